The van der Waals surface area contributed by atoms with Crippen LogP contribution in [0.2, 0.25) is 0 Å². The number of ether oxygens (including phenoxy) is 1. The van der Waals surface area contributed by atoms with Gasteiger partial charge < -0.3 is 20.5 Å². The molecule has 3 N–H and O–H groups in total. The smallest absolute Gasteiger partial charge is 0.319 e. The summed E-state index contributed by atoms with van der Waals surface area (Å²) in [6.45, 7) is 1.97. The van der Waals surface area contributed by atoms with E-state index < -0.39 is 6.10 Å². The lowest BCUT2D eigenvalue weighted by Gasteiger charge is -2.28. The summed E-state index contributed by atoms with van der Waals surface area (Å²) < 4.78 is 6.08. The second-order valence-electron chi connectivity index (χ2n) is 7.01. The van der Waals surface area contributed by atoms with Gasteiger partial charge in [-0.2, -0.15) is 0 Å². The molecule has 2 atom stereocenters. The molecule has 5 nitrogen and oxygen atoms in total. The van der Waals surface area contributed by atoms with Crippen molar-refractivity contribution in [2.45, 2.75) is 76.5 Å². The average Bonchev–Trinajstić information content (AvgIpc) is 3.06. The van der Waals surface area contributed by atoms with E-state index in [2.05, 4.69) is 10.6 Å². The van der Waals surface area contributed by atoms with E-state index >= 15 is 0 Å². The van der Waals surface area contributed by atoms with Crippen molar-refractivity contribution in [2.75, 3.05) is 5.32 Å². The Labute approximate surface area is 143 Å². The quantitative estimate of drug-likeness (QED) is 0.786. The first-order valence-corrected chi connectivity index (χ1v) is 9.15. The first kappa shape index (κ1) is 17.1. The largest absolute Gasteiger partial charge is 0.490 e. The topological polar surface area (TPSA) is 70.6 Å². The first-order chi connectivity index (χ1) is 11.6. The predicted molar refractivity (Wildman–Crippen MR) is 94.5 cm³/mol. The Balaban J connectivity index is 1.60. The van der Waals surface area contributed by atoms with Crippen LogP contribution in [0, 0.1) is 6.92 Å². The van der Waals surface area contributed by atoms with Crippen LogP contribution in [0.15, 0.2) is 18.2 Å². The van der Waals surface area contributed by atoms with Crippen LogP contribution >= 0.6 is 0 Å². The monoisotopic (exact) mass is 332 g/mol. The number of benzene rings is 1. The molecule has 24 heavy (non-hydrogen) atoms. The molecule has 1 aromatic rings. The fraction of sp³-hybridized carbons (Fsp3) is 0.632. The number of aliphatic hydroxyl groups is 1. The van der Waals surface area contributed by atoms with Gasteiger partial charge in [0.1, 0.15) is 5.75 Å². The molecular weight excluding hydrogens is 304 g/mol. The van der Waals surface area contributed by atoms with Gasteiger partial charge in [0, 0.05) is 11.3 Å². The highest BCUT2D eigenvalue weighted by atomic mass is 16.5. The van der Waals surface area contributed by atoms with Crippen molar-refractivity contribution in [1.29, 1.82) is 0 Å². The van der Waals surface area contributed by atoms with Crippen molar-refractivity contribution in [3.8, 4) is 5.75 Å². The standard InChI is InChI=1S/C19H28N2O3/c1-13-15(10-6-12-18(13)24-14-7-2-3-8-14)20-19(23)21-16-9-4-5-11-17(16)22/h6,10,12,14,16-17,22H,2-5,7-9,11H2,1H3,(H2,20,21,23). The number of nitrogens with one attached hydrogen (secondary N) is 2. The molecule has 5 heteroatoms. The molecule has 2 saturated carbocycles. The molecule has 2 unspecified atom stereocenters. The lowest BCUT2D eigenvalue weighted by atomic mass is 9.93. The third kappa shape index (κ3) is 4.20. The Morgan fingerprint density at radius 2 is 1.83 bits per heavy atom. The third-order valence-corrected chi connectivity index (χ3v) is 5.17. The van der Waals surface area contributed by atoms with Gasteiger partial charge in [-0.1, -0.05) is 18.9 Å². The van der Waals surface area contributed by atoms with E-state index in [0.717, 1.165) is 55.5 Å². The van der Waals surface area contributed by atoms with E-state index in [1.54, 1.807) is 0 Å². The molecule has 1 aromatic carbocycles. The molecule has 2 aliphatic rings. The Hall–Kier alpha value is -1.75. The van der Waals surface area contributed by atoms with E-state index in [9.17, 15) is 9.90 Å². The van der Waals surface area contributed by atoms with Gasteiger partial charge in [0.15, 0.2) is 0 Å². The Bertz CT molecular complexity index is 570. The van der Waals surface area contributed by atoms with Crippen molar-refractivity contribution in [3.63, 3.8) is 0 Å². The number of hydrogen-bond acceptors (Lipinski definition) is 3. The number of carbonyl (C=O) groups is 1. The highest BCUT2D eigenvalue weighted by molar-refractivity contribution is 5.90. The maximum Gasteiger partial charge on any atom is 0.319 e. The van der Waals surface area contributed by atoms with Gasteiger partial charge in [0.05, 0.1) is 18.2 Å². The molecule has 3 rings (SSSR count). The van der Waals surface area contributed by atoms with Crippen LogP contribution in [-0.2, 0) is 0 Å². The summed E-state index contributed by atoms with van der Waals surface area (Å²) >= 11 is 0. The molecule has 0 saturated heterocycles. The van der Waals surface area contributed by atoms with Crippen LogP contribution in [0.3, 0.4) is 0 Å². The lowest BCUT2D eigenvalue weighted by molar-refractivity contribution is 0.0955. The number of hydrogen-bond donors (Lipinski definition) is 3. The number of urea groups is 1. The van der Waals surface area contributed by atoms with E-state index in [1.165, 1.54) is 12.8 Å². The molecule has 132 valence electrons. The predicted octanol–water partition coefficient (Wildman–Crippen LogP) is 3.74. The number of amides is 2. The molecule has 0 aliphatic heterocycles. The number of rotatable bonds is 4. The summed E-state index contributed by atoms with van der Waals surface area (Å²) in [5, 5.41) is 15.8. The van der Waals surface area contributed by atoms with E-state index in [1.807, 2.05) is 25.1 Å². The molecule has 0 bridgehead atoms. The number of aliphatic hydroxyl groups excluding tert-OH is 1. The highest BCUT2D eigenvalue weighted by Gasteiger charge is 2.25. The molecule has 0 heterocycles. The van der Waals surface area contributed by atoms with Gasteiger partial charge >= 0.3 is 6.03 Å². The number of anilines is 1. The second kappa shape index (κ2) is 7.88. The molecule has 2 aliphatic carbocycles. The summed E-state index contributed by atoms with van der Waals surface area (Å²) in [6, 6.07) is 5.33. The minimum absolute atomic E-state index is 0.156. The molecule has 0 radical (unpaired) electrons. The van der Waals surface area contributed by atoms with Crippen LogP contribution in [0.25, 0.3) is 0 Å². The van der Waals surface area contributed by atoms with Gasteiger partial charge in [-0.15, -0.1) is 0 Å². The van der Waals surface area contributed by atoms with Crippen LogP contribution in [0.4, 0.5) is 10.5 Å². The molecule has 0 aromatic heterocycles. The van der Waals surface area contributed by atoms with Gasteiger partial charge in [-0.05, 0) is 57.6 Å². The SMILES string of the molecule is Cc1c(NC(=O)NC2CCCCC2O)cccc1OC1CCCC1. The molecular formula is C19H28N2O3. The first-order valence-electron chi connectivity index (χ1n) is 9.15. The van der Waals surface area contributed by atoms with Gasteiger partial charge in [-0.3, -0.25) is 0 Å². The zero-order valence-corrected chi connectivity index (χ0v) is 14.4. The minimum Gasteiger partial charge on any atom is -0.490 e. The van der Waals surface area contributed by atoms with E-state index in [0.29, 0.717) is 6.10 Å². The summed E-state index contributed by atoms with van der Waals surface area (Å²) in [5.41, 5.74) is 1.71. The number of carbonyl (C=O) groups excluding carboxylic acids is 1. The van der Waals surface area contributed by atoms with Crippen molar-refractivity contribution in [1.82, 2.24) is 5.32 Å². The normalized spacial score (nSPS) is 24.6. The molecule has 2 amide bonds. The van der Waals surface area contributed by atoms with E-state index in [-0.39, 0.29) is 12.1 Å². The fourth-order valence-electron chi connectivity index (χ4n) is 3.67. The van der Waals surface area contributed by atoms with Crippen molar-refractivity contribution >= 4 is 11.7 Å². The Morgan fingerprint density at radius 1 is 1.12 bits per heavy atom. The van der Waals surface area contributed by atoms with Crippen LogP contribution < -0.4 is 15.4 Å². The molecule has 2 fully saturated rings. The summed E-state index contributed by atoms with van der Waals surface area (Å²) in [7, 11) is 0. The van der Waals surface area contributed by atoms with Crippen LogP contribution in [-0.4, -0.2) is 29.4 Å². The zero-order chi connectivity index (χ0) is 16.9. The molecule has 0 spiro atoms. The van der Waals surface area contributed by atoms with Gasteiger partial charge in [0.2, 0.25) is 0 Å². The Morgan fingerprint density at radius 3 is 2.58 bits per heavy atom. The zero-order valence-electron chi connectivity index (χ0n) is 14.4. The summed E-state index contributed by atoms with van der Waals surface area (Å²) in [4.78, 5) is 12.3. The van der Waals surface area contributed by atoms with Crippen molar-refractivity contribution in [3.05, 3.63) is 23.8 Å². The van der Waals surface area contributed by atoms with Gasteiger partial charge in [0.25, 0.3) is 0 Å². The lowest BCUT2D eigenvalue weighted by Crippen LogP contribution is -2.46. The Kier molecular flexibility index (Phi) is 5.61. The summed E-state index contributed by atoms with van der Waals surface area (Å²) in [6.07, 6.45) is 8.20. The minimum atomic E-state index is -0.442. The van der Waals surface area contributed by atoms with E-state index in [4.69, 9.17) is 4.74 Å². The fourth-order valence-corrected chi connectivity index (χ4v) is 3.67. The van der Waals surface area contributed by atoms with Crippen molar-refractivity contribution in [2.24, 2.45) is 0 Å². The maximum atomic E-state index is 12.3. The average molecular weight is 332 g/mol. The summed E-state index contributed by atoms with van der Waals surface area (Å²) in [5.74, 6) is 0.845. The maximum absolute atomic E-state index is 12.3. The second-order valence-corrected chi connectivity index (χ2v) is 7.01. The highest BCUT2D eigenvalue weighted by Crippen LogP contribution is 2.30. The van der Waals surface area contributed by atoms with Gasteiger partial charge in [-0.25, -0.2) is 4.79 Å². The van der Waals surface area contributed by atoms with Crippen LogP contribution in [0.5, 0.6) is 5.75 Å². The van der Waals surface area contributed by atoms with Crippen LogP contribution in [0.1, 0.15) is 56.9 Å². The van der Waals surface area contributed by atoms with Crippen molar-refractivity contribution < 1.29 is 14.6 Å². The third-order valence-electron chi connectivity index (χ3n) is 5.17.